The summed E-state index contributed by atoms with van der Waals surface area (Å²) in [6.45, 7) is 0. The fraction of sp³-hybridized carbons (Fsp3) is 0.318. The maximum absolute atomic E-state index is 13.1. The SMILES string of the molecule is N#CC1(NC(=O)c2cc(NC(=O)C3C(c4cc(Cl)cc(C(F)F)c4)C3(Cl)Cl)ccc2Cl)CC1. The van der Waals surface area contributed by atoms with Crippen LogP contribution in [0.5, 0.6) is 0 Å². The van der Waals surface area contributed by atoms with Gasteiger partial charge in [-0.3, -0.25) is 9.59 Å². The zero-order valence-electron chi connectivity index (χ0n) is 16.6. The first-order chi connectivity index (χ1) is 15.5. The Morgan fingerprint density at radius 3 is 2.42 bits per heavy atom. The third kappa shape index (κ3) is 4.76. The van der Waals surface area contributed by atoms with Crippen LogP contribution in [0.4, 0.5) is 14.5 Å². The highest BCUT2D eigenvalue weighted by atomic mass is 35.5. The summed E-state index contributed by atoms with van der Waals surface area (Å²) in [5.74, 6) is -2.79. The van der Waals surface area contributed by atoms with E-state index >= 15 is 0 Å². The molecular formula is C22H15Cl4F2N3O2. The topological polar surface area (TPSA) is 82.0 Å². The summed E-state index contributed by atoms with van der Waals surface area (Å²) >= 11 is 24.7. The Hall–Kier alpha value is -2.11. The number of halogens is 6. The Kier molecular flexibility index (Phi) is 6.25. The molecule has 2 saturated carbocycles. The molecule has 172 valence electrons. The summed E-state index contributed by atoms with van der Waals surface area (Å²) in [6, 6.07) is 10.2. The van der Waals surface area contributed by atoms with Gasteiger partial charge in [-0.1, -0.05) is 23.2 Å². The van der Waals surface area contributed by atoms with Crippen LogP contribution in [0.2, 0.25) is 10.0 Å². The van der Waals surface area contributed by atoms with Gasteiger partial charge in [-0.15, -0.1) is 23.2 Å². The van der Waals surface area contributed by atoms with Crippen molar-refractivity contribution in [2.24, 2.45) is 5.92 Å². The second-order valence-electron chi connectivity index (χ2n) is 8.08. The monoisotopic (exact) mass is 531 g/mol. The first-order valence-corrected chi connectivity index (χ1v) is 11.3. The number of alkyl halides is 4. The number of rotatable bonds is 6. The van der Waals surface area contributed by atoms with E-state index in [1.54, 1.807) is 0 Å². The van der Waals surface area contributed by atoms with Crippen LogP contribution >= 0.6 is 46.4 Å². The summed E-state index contributed by atoms with van der Waals surface area (Å²) in [7, 11) is 0. The highest BCUT2D eigenvalue weighted by Crippen LogP contribution is 2.65. The predicted molar refractivity (Wildman–Crippen MR) is 122 cm³/mol. The Labute approximate surface area is 207 Å². The summed E-state index contributed by atoms with van der Waals surface area (Å²) < 4.78 is 24.8. The molecule has 33 heavy (non-hydrogen) atoms. The maximum Gasteiger partial charge on any atom is 0.263 e. The molecule has 0 spiro atoms. The smallest absolute Gasteiger partial charge is 0.263 e. The lowest BCUT2D eigenvalue weighted by molar-refractivity contribution is -0.117. The first kappa shape index (κ1) is 24.0. The van der Waals surface area contributed by atoms with Crippen molar-refractivity contribution >= 4 is 63.9 Å². The van der Waals surface area contributed by atoms with Crippen LogP contribution in [-0.4, -0.2) is 21.7 Å². The molecule has 0 radical (unpaired) electrons. The number of carbonyl (C=O) groups is 2. The molecule has 4 rings (SSSR count). The minimum Gasteiger partial charge on any atom is -0.334 e. The van der Waals surface area contributed by atoms with Crippen molar-refractivity contribution in [2.75, 3.05) is 5.32 Å². The normalized spacial score (nSPS) is 21.8. The number of anilines is 1. The van der Waals surface area contributed by atoms with E-state index in [1.807, 2.05) is 0 Å². The second-order valence-corrected chi connectivity index (χ2v) is 10.4. The average molecular weight is 533 g/mol. The van der Waals surface area contributed by atoms with E-state index in [0.29, 0.717) is 18.4 Å². The van der Waals surface area contributed by atoms with Crippen LogP contribution in [-0.2, 0) is 4.79 Å². The minimum absolute atomic E-state index is 0.0807. The number of nitrogens with one attached hydrogen (secondary N) is 2. The summed E-state index contributed by atoms with van der Waals surface area (Å²) in [5, 5.41) is 14.7. The van der Waals surface area contributed by atoms with Gasteiger partial charge >= 0.3 is 0 Å². The lowest BCUT2D eigenvalue weighted by Crippen LogP contribution is -2.35. The van der Waals surface area contributed by atoms with Gasteiger partial charge < -0.3 is 10.6 Å². The molecule has 2 aliphatic carbocycles. The zero-order valence-corrected chi connectivity index (χ0v) is 19.7. The van der Waals surface area contributed by atoms with Crippen molar-refractivity contribution in [2.45, 2.75) is 35.1 Å². The van der Waals surface area contributed by atoms with Gasteiger partial charge in [0.2, 0.25) is 5.91 Å². The van der Waals surface area contributed by atoms with Gasteiger partial charge in [0.15, 0.2) is 0 Å². The molecule has 2 atom stereocenters. The number of carbonyl (C=O) groups excluding carboxylic acids is 2. The van der Waals surface area contributed by atoms with E-state index in [0.717, 1.165) is 6.07 Å². The number of hydrogen-bond donors (Lipinski definition) is 2. The van der Waals surface area contributed by atoms with Gasteiger partial charge in [-0.05, 0) is 54.8 Å². The molecule has 2 unspecified atom stereocenters. The Morgan fingerprint density at radius 2 is 1.82 bits per heavy atom. The second kappa shape index (κ2) is 8.59. The molecule has 0 aliphatic heterocycles. The minimum atomic E-state index is -2.75. The van der Waals surface area contributed by atoms with Gasteiger partial charge in [0.25, 0.3) is 12.3 Å². The third-order valence-corrected chi connectivity index (χ3v) is 7.17. The molecule has 2 aliphatic rings. The average Bonchev–Trinajstić information content (AvgIpc) is 3.63. The highest BCUT2D eigenvalue weighted by molar-refractivity contribution is 6.53. The van der Waals surface area contributed by atoms with E-state index in [2.05, 4.69) is 16.7 Å². The maximum atomic E-state index is 13.1. The molecule has 0 saturated heterocycles. The van der Waals surface area contributed by atoms with Crippen LogP contribution < -0.4 is 10.6 Å². The summed E-state index contributed by atoms with van der Waals surface area (Å²) in [4.78, 5) is 25.4. The zero-order chi connectivity index (χ0) is 24.1. The van der Waals surface area contributed by atoms with Crippen molar-refractivity contribution in [1.29, 1.82) is 5.26 Å². The quantitative estimate of drug-likeness (QED) is 0.432. The molecule has 2 fully saturated rings. The van der Waals surface area contributed by atoms with Crippen molar-refractivity contribution in [1.82, 2.24) is 5.32 Å². The third-order valence-electron chi connectivity index (χ3n) is 5.68. The molecule has 2 aromatic rings. The number of nitrogens with zero attached hydrogens (tertiary/aromatic N) is 1. The van der Waals surface area contributed by atoms with E-state index in [9.17, 15) is 18.4 Å². The summed E-state index contributed by atoms with van der Waals surface area (Å²) in [5.41, 5.74) is -0.517. The van der Waals surface area contributed by atoms with E-state index < -0.39 is 39.9 Å². The molecule has 2 aromatic carbocycles. The van der Waals surface area contributed by atoms with Gasteiger partial charge in [0.1, 0.15) is 9.87 Å². The lowest BCUT2D eigenvalue weighted by Gasteiger charge is -2.12. The van der Waals surface area contributed by atoms with Gasteiger partial charge in [-0.2, -0.15) is 5.26 Å². The van der Waals surface area contributed by atoms with Crippen LogP contribution in [0.15, 0.2) is 36.4 Å². The number of amides is 2. The van der Waals surface area contributed by atoms with E-state index in [4.69, 9.17) is 51.7 Å². The lowest BCUT2D eigenvalue weighted by atomic mass is 10.1. The van der Waals surface area contributed by atoms with Crippen molar-refractivity contribution in [3.63, 3.8) is 0 Å². The summed E-state index contributed by atoms with van der Waals surface area (Å²) in [6.07, 6.45) is -1.64. The molecular weight excluding hydrogens is 518 g/mol. The van der Waals surface area contributed by atoms with Gasteiger partial charge in [0.05, 0.1) is 22.6 Å². The van der Waals surface area contributed by atoms with Crippen molar-refractivity contribution in [3.8, 4) is 6.07 Å². The number of hydrogen-bond acceptors (Lipinski definition) is 3. The Morgan fingerprint density at radius 1 is 1.12 bits per heavy atom. The molecule has 0 bridgehead atoms. The molecule has 2 amide bonds. The first-order valence-electron chi connectivity index (χ1n) is 9.78. The largest absolute Gasteiger partial charge is 0.334 e. The van der Waals surface area contributed by atoms with Gasteiger partial charge in [0, 0.05) is 22.2 Å². The fourth-order valence-corrected chi connectivity index (χ4v) is 4.96. The molecule has 11 heteroatoms. The standard InChI is InChI=1S/C22H15Cl4F2N3O2/c23-12-6-10(5-11(7-12)18(27)28)16-17(22(16,25)26)20(33)30-13-1-2-15(24)14(8-13)19(32)31-21(9-29)3-4-21/h1-2,5-8,16-18H,3-4H2,(H,30,33)(H,31,32). The fourth-order valence-electron chi connectivity index (χ4n) is 3.68. The van der Waals surface area contributed by atoms with Crippen molar-refractivity contribution in [3.05, 3.63) is 63.1 Å². The Bertz CT molecular complexity index is 1190. The predicted octanol–water partition coefficient (Wildman–Crippen LogP) is 6.24. The number of benzene rings is 2. The highest BCUT2D eigenvalue weighted by Gasteiger charge is 2.67. The van der Waals surface area contributed by atoms with E-state index in [1.165, 1.54) is 30.3 Å². The van der Waals surface area contributed by atoms with Gasteiger partial charge in [-0.25, -0.2) is 8.78 Å². The van der Waals surface area contributed by atoms with Crippen LogP contribution in [0.3, 0.4) is 0 Å². The molecule has 0 aromatic heterocycles. The molecule has 2 N–H and O–H groups in total. The number of nitriles is 1. The van der Waals surface area contributed by atoms with E-state index in [-0.39, 0.29) is 26.9 Å². The molecule has 0 heterocycles. The Balaban J connectivity index is 1.52. The van der Waals surface area contributed by atoms with Crippen LogP contribution in [0.1, 0.15) is 46.7 Å². The van der Waals surface area contributed by atoms with Crippen molar-refractivity contribution < 1.29 is 18.4 Å². The van der Waals surface area contributed by atoms with Crippen LogP contribution in [0, 0.1) is 17.2 Å². The molecule has 5 nitrogen and oxygen atoms in total. The van der Waals surface area contributed by atoms with Crippen LogP contribution in [0.25, 0.3) is 0 Å².